The zero-order chi connectivity index (χ0) is 22.1. The van der Waals surface area contributed by atoms with Crippen molar-refractivity contribution in [3.63, 3.8) is 0 Å². The van der Waals surface area contributed by atoms with Crippen molar-refractivity contribution in [2.45, 2.75) is 24.3 Å². The minimum Gasteiger partial charge on any atom is -0.494 e. The molecule has 0 saturated carbocycles. The molecule has 7 nitrogen and oxygen atoms in total. The quantitative estimate of drug-likeness (QED) is 0.440. The first-order valence-electron chi connectivity index (χ1n) is 9.73. The maximum Gasteiger partial charge on any atom is 0.251 e. The van der Waals surface area contributed by atoms with Gasteiger partial charge in [-0.15, -0.1) is 0 Å². The summed E-state index contributed by atoms with van der Waals surface area (Å²) in [5.74, 6) is 0.500. The number of carbonyl (C=O) groups is 1. The highest BCUT2D eigenvalue weighted by Gasteiger charge is 2.15. The monoisotopic (exact) mass is 446 g/mol. The van der Waals surface area contributed by atoms with Crippen LogP contribution in [0, 0.1) is 5.82 Å². The number of nitrogens with one attached hydrogen (secondary N) is 2. The Morgan fingerprint density at radius 3 is 2.42 bits per heavy atom. The highest BCUT2D eigenvalue weighted by atomic mass is 32.2. The number of hydrogen-bond donors (Lipinski definition) is 2. The van der Waals surface area contributed by atoms with Gasteiger partial charge in [-0.2, -0.15) is 0 Å². The summed E-state index contributed by atoms with van der Waals surface area (Å²) in [5, 5.41) is 2.79. The Balaban J connectivity index is 1.38. The smallest absolute Gasteiger partial charge is 0.251 e. The predicted octanol–water partition coefficient (Wildman–Crippen LogP) is 3.49. The van der Waals surface area contributed by atoms with Gasteiger partial charge in [0.15, 0.2) is 0 Å². The van der Waals surface area contributed by atoms with Crippen LogP contribution >= 0.6 is 0 Å². The van der Waals surface area contributed by atoms with E-state index in [0.29, 0.717) is 36.6 Å². The first-order valence-corrected chi connectivity index (χ1v) is 11.2. The molecule has 0 bridgehead atoms. The summed E-state index contributed by atoms with van der Waals surface area (Å²) in [6.45, 7) is 0.956. The number of ether oxygens (including phenoxy) is 1. The Morgan fingerprint density at radius 2 is 1.74 bits per heavy atom. The van der Waals surface area contributed by atoms with Gasteiger partial charge in [0, 0.05) is 12.1 Å². The van der Waals surface area contributed by atoms with Crippen molar-refractivity contribution in [1.82, 2.24) is 10.0 Å². The summed E-state index contributed by atoms with van der Waals surface area (Å²) < 4.78 is 50.5. The second kappa shape index (κ2) is 10.7. The van der Waals surface area contributed by atoms with Gasteiger partial charge in [0.2, 0.25) is 10.0 Å². The molecule has 0 aliphatic heterocycles. The molecule has 1 amide bonds. The van der Waals surface area contributed by atoms with E-state index in [0.717, 1.165) is 6.42 Å². The minimum atomic E-state index is -3.71. The summed E-state index contributed by atoms with van der Waals surface area (Å²) in [4.78, 5) is 12.3. The molecule has 3 aromatic rings. The van der Waals surface area contributed by atoms with Gasteiger partial charge in [0.25, 0.3) is 5.91 Å². The van der Waals surface area contributed by atoms with E-state index in [1.54, 1.807) is 24.3 Å². The summed E-state index contributed by atoms with van der Waals surface area (Å²) in [5.41, 5.74) is 0.368. The number of amides is 1. The van der Waals surface area contributed by atoms with E-state index in [4.69, 9.17) is 9.15 Å². The van der Waals surface area contributed by atoms with E-state index < -0.39 is 10.0 Å². The van der Waals surface area contributed by atoms with Crippen LogP contribution in [0.1, 0.15) is 29.0 Å². The third-order valence-electron chi connectivity index (χ3n) is 4.38. The Labute approximate surface area is 180 Å². The molecule has 2 aromatic carbocycles. The maximum atomic E-state index is 12.8. The van der Waals surface area contributed by atoms with Crippen molar-refractivity contribution in [3.8, 4) is 5.75 Å². The molecule has 3 rings (SSSR count). The Morgan fingerprint density at radius 1 is 1.00 bits per heavy atom. The molecule has 1 heterocycles. The van der Waals surface area contributed by atoms with Crippen LogP contribution < -0.4 is 14.8 Å². The fourth-order valence-electron chi connectivity index (χ4n) is 2.70. The van der Waals surface area contributed by atoms with Crippen LogP contribution in [0.5, 0.6) is 5.75 Å². The van der Waals surface area contributed by atoms with Crippen molar-refractivity contribution in [2.75, 3.05) is 13.2 Å². The number of carbonyl (C=O) groups excluding carboxylic acids is 1. The van der Waals surface area contributed by atoms with Crippen LogP contribution in [0.15, 0.2) is 76.2 Å². The van der Waals surface area contributed by atoms with Crippen LogP contribution in [0.3, 0.4) is 0 Å². The topological polar surface area (TPSA) is 97.6 Å². The highest BCUT2D eigenvalue weighted by Crippen LogP contribution is 2.13. The summed E-state index contributed by atoms with van der Waals surface area (Å²) in [6.07, 6.45) is 2.89. The van der Waals surface area contributed by atoms with Gasteiger partial charge in [-0.3, -0.25) is 4.79 Å². The van der Waals surface area contributed by atoms with Crippen molar-refractivity contribution in [2.24, 2.45) is 0 Å². The van der Waals surface area contributed by atoms with Crippen molar-refractivity contribution < 1.29 is 26.8 Å². The first-order chi connectivity index (χ1) is 14.9. The molecular formula is C22H23FN2O5S. The second-order valence-electron chi connectivity index (χ2n) is 6.69. The van der Waals surface area contributed by atoms with E-state index in [1.807, 2.05) is 0 Å². The van der Waals surface area contributed by atoms with E-state index in [-0.39, 0.29) is 23.2 Å². The van der Waals surface area contributed by atoms with Crippen molar-refractivity contribution in [3.05, 3.63) is 84.1 Å². The third kappa shape index (κ3) is 6.94. The maximum absolute atomic E-state index is 12.8. The van der Waals surface area contributed by atoms with Gasteiger partial charge in [0.05, 0.1) is 24.3 Å². The molecule has 164 valence electrons. The van der Waals surface area contributed by atoms with E-state index >= 15 is 0 Å². The third-order valence-corrected chi connectivity index (χ3v) is 5.80. The average Bonchev–Trinajstić information content (AvgIpc) is 3.30. The van der Waals surface area contributed by atoms with E-state index in [9.17, 15) is 17.6 Å². The lowest BCUT2D eigenvalue weighted by Gasteiger charge is -2.08. The number of benzene rings is 2. The zero-order valence-corrected chi connectivity index (χ0v) is 17.5. The van der Waals surface area contributed by atoms with Gasteiger partial charge in [0.1, 0.15) is 17.3 Å². The fourth-order valence-corrected chi connectivity index (χ4v) is 3.69. The molecule has 2 N–H and O–H groups in total. The molecule has 0 fully saturated rings. The van der Waals surface area contributed by atoms with E-state index in [2.05, 4.69) is 10.0 Å². The molecule has 0 saturated heterocycles. The second-order valence-corrected chi connectivity index (χ2v) is 8.46. The number of sulfonamides is 1. The molecule has 9 heteroatoms. The molecule has 0 spiro atoms. The molecule has 31 heavy (non-hydrogen) atoms. The molecule has 0 unspecified atom stereocenters. The lowest BCUT2D eigenvalue weighted by molar-refractivity contribution is 0.0952. The normalized spacial score (nSPS) is 11.3. The van der Waals surface area contributed by atoms with Gasteiger partial charge < -0.3 is 14.5 Å². The van der Waals surface area contributed by atoms with Gasteiger partial charge in [-0.1, -0.05) is 0 Å². The molecule has 0 radical (unpaired) electrons. The number of halogens is 1. The highest BCUT2D eigenvalue weighted by molar-refractivity contribution is 7.89. The molecule has 0 atom stereocenters. The van der Waals surface area contributed by atoms with Crippen LogP contribution in [-0.4, -0.2) is 27.5 Å². The minimum absolute atomic E-state index is 0.0441. The number of rotatable bonds is 11. The summed E-state index contributed by atoms with van der Waals surface area (Å²) >= 11 is 0. The molecular weight excluding hydrogens is 423 g/mol. The van der Waals surface area contributed by atoms with Crippen LogP contribution in [-0.2, 0) is 16.6 Å². The Kier molecular flexibility index (Phi) is 7.80. The van der Waals surface area contributed by atoms with Crippen LogP contribution in [0.2, 0.25) is 0 Å². The SMILES string of the molecule is O=C(NCCCCOc1ccc(F)cc1)c1ccc(S(=O)(=O)NCc2ccco2)cc1. The Hall–Kier alpha value is -3.17. The van der Waals surface area contributed by atoms with E-state index in [1.165, 1.54) is 42.7 Å². The lowest BCUT2D eigenvalue weighted by atomic mass is 10.2. The van der Waals surface area contributed by atoms with Crippen molar-refractivity contribution in [1.29, 1.82) is 0 Å². The zero-order valence-electron chi connectivity index (χ0n) is 16.7. The first kappa shape index (κ1) is 22.5. The van der Waals surface area contributed by atoms with Crippen LogP contribution in [0.4, 0.5) is 4.39 Å². The predicted molar refractivity (Wildman–Crippen MR) is 113 cm³/mol. The average molecular weight is 447 g/mol. The Bertz CT molecular complexity index is 1070. The van der Waals surface area contributed by atoms with Crippen molar-refractivity contribution >= 4 is 15.9 Å². The standard InChI is InChI=1S/C22H23FN2O5S/c23-18-7-9-19(10-8-18)29-14-2-1-13-24-22(26)17-5-11-21(12-6-17)31(27,28)25-16-20-4-3-15-30-20/h3-12,15,25H,1-2,13-14,16H2,(H,24,26). The molecule has 1 aromatic heterocycles. The number of furan rings is 1. The largest absolute Gasteiger partial charge is 0.494 e. The van der Waals surface area contributed by atoms with Crippen LogP contribution in [0.25, 0.3) is 0 Å². The number of unbranched alkanes of at least 4 members (excludes halogenated alkanes) is 1. The summed E-state index contributed by atoms with van der Waals surface area (Å²) in [7, 11) is -3.71. The van der Waals surface area contributed by atoms with Gasteiger partial charge in [-0.25, -0.2) is 17.5 Å². The molecule has 0 aliphatic carbocycles. The van der Waals surface area contributed by atoms with Gasteiger partial charge >= 0.3 is 0 Å². The number of hydrogen-bond acceptors (Lipinski definition) is 5. The molecule has 0 aliphatic rings. The van der Waals surface area contributed by atoms with Gasteiger partial charge in [-0.05, 0) is 73.5 Å². The lowest BCUT2D eigenvalue weighted by Crippen LogP contribution is -2.25. The summed E-state index contributed by atoms with van der Waals surface area (Å²) in [6, 6.07) is 14.8. The fraction of sp³-hybridized carbons (Fsp3) is 0.227.